The first-order valence-corrected chi connectivity index (χ1v) is 18.0. The predicted molar refractivity (Wildman–Crippen MR) is 181 cm³/mol. The molecule has 0 saturated heterocycles. The number of carbonyl (C=O) groups is 3. The lowest BCUT2D eigenvalue weighted by Crippen LogP contribution is -2.40. The molecule has 0 radical (unpaired) electrons. The summed E-state index contributed by atoms with van der Waals surface area (Å²) in [4.78, 5) is 38.5. The van der Waals surface area contributed by atoms with Gasteiger partial charge in [-0.2, -0.15) is 0 Å². The third-order valence-electron chi connectivity index (χ3n) is 8.93. The molecule has 2 heterocycles. The van der Waals surface area contributed by atoms with Gasteiger partial charge in [-0.15, -0.1) is 35.1 Å². The quantitative estimate of drug-likeness (QED) is 0.217. The van der Waals surface area contributed by atoms with Crippen LogP contribution in [0, 0.1) is 0 Å². The number of nitrogens with two attached hydrogens (primary N) is 1. The Labute approximate surface area is 292 Å². The van der Waals surface area contributed by atoms with E-state index in [2.05, 4.69) is 16.0 Å². The fraction of sp³-hybridized carbons (Fsp3) is 0.667. The first kappa shape index (κ1) is 38.4. The molecule has 4 atom stereocenters. The maximum atomic E-state index is 13.2. The lowest BCUT2D eigenvalue weighted by molar-refractivity contribution is -0.0403. The number of amides is 3. The zero-order chi connectivity index (χ0) is 34.1. The van der Waals surface area contributed by atoms with E-state index < -0.39 is 23.5 Å². The van der Waals surface area contributed by atoms with E-state index in [0.717, 1.165) is 22.6 Å². The molecule has 0 aliphatic heterocycles. The van der Waals surface area contributed by atoms with E-state index in [-0.39, 0.29) is 80.0 Å². The van der Waals surface area contributed by atoms with Crippen molar-refractivity contribution in [2.24, 2.45) is 5.73 Å². The average molecular weight is 737 g/mol. The van der Waals surface area contributed by atoms with Crippen LogP contribution >= 0.6 is 35.1 Å². The van der Waals surface area contributed by atoms with Crippen LogP contribution in [0.25, 0.3) is 0 Å². The summed E-state index contributed by atoms with van der Waals surface area (Å²) in [5, 5.41) is 12.2. The molecule has 5 N–H and O–H groups in total. The Kier molecular flexibility index (Phi) is 12.2. The van der Waals surface area contributed by atoms with Gasteiger partial charge in [0.15, 0.2) is 0 Å². The summed E-state index contributed by atoms with van der Waals surface area (Å²) in [6.45, 7) is 5.44. The number of alkyl carbamates (subject to hydrolysis) is 1. The van der Waals surface area contributed by atoms with Crippen molar-refractivity contribution in [2.75, 3.05) is 0 Å². The molecule has 3 amide bonds. The molecule has 8 nitrogen and oxygen atoms in total. The number of ether oxygens (including phenoxy) is 1. The fourth-order valence-electron chi connectivity index (χ4n) is 5.91. The van der Waals surface area contributed by atoms with Crippen LogP contribution in [0.4, 0.5) is 22.4 Å². The van der Waals surface area contributed by atoms with Gasteiger partial charge in [0.25, 0.3) is 11.8 Å². The molecular weight excluding hydrogens is 692 g/mol. The normalized spacial score (nSPS) is 26.2. The standard InChI is InChI=1S/C19H26F2N2O3S.C14H18F2N2OS.ClH/c1-18(2,3)26-17(25)23-14-9-13(14)15-8-11(10-27-15)16(24)22-12-4-6-19(20,21)7-5-12;15-14(16)3-1-9(2-4-14)18-13(19)8-5-12(20-7-8)10-6-11(10)17;/h8,10,12-14H,4-7,9H2,1-3H3,(H,22,24)(H,23,25);5,7,9-11H,1-4,6,17H2,(H,18,19);1H/t13-,14-;10-,11-;/m11./s1. The summed E-state index contributed by atoms with van der Waals surface area (Å²) >= 11 is 3.03. The Balaban J connectivity index is 0.000000221. The molecule has 0 spiro atoms. The number of halogens is 5. The van der Waals surface area contributed by atoms with Gasteiger partial charge in [0, 0.05) is 82.2 Å². The van der Waals surface area contributed by atoms with Gasteiger partial charge >= 0.3 is 6.09 Å². The van der Waals surface area contributed by atoms with E-state index in [1.165, 1.54) is 11.3 Å². The zero-order valence-corrected chi connectivity index (χ0v) is 29.7. The average Bonchev–Trinajstić information content (AvgIpc) is 3.74. The Bertz CT molecular complexity index is 1430. The van der Waals surface area contributed by atoms with Gasteiger partial charge in [0.1, 0.15) is 5.60 Å². The lowest BCUT2D eigenvalue weighted by Gasteiger charge is -2.28. The topological polar surface area (TPSA) is 123 Å². The van der Waals surface area contributed by atoms with Gasteiger partial charge < -0.3 is 26.4 Å². The minimum Gasteiger partial charge on any atom is -0.444 e. The minimum absolute atomic E-state index is 0. The summed E-state index contributed by atoms with van der Waals surface area (Å²) in [5.41, 5.74) is 6.44. The van der Waals surface area contributed by atoms with Crippen molar-refractivity contribution in [1.82, 2.24) is 16.0 Å². The number of alkyl halides is 4. The maximum Gasteiger partial charge on any atom is 0.407 e. The maximum absolute atomic E-state index is 13.2. The van der Waals surface area contributed by atoms with Crippen molar-refractivity contribution in [2.45, 2.75) is 138 Å². The molecule has 0 aromatic carbocycles. The van der Waals surface area contributed by atoms with E-state index in [4.69, 9.17) is 10.5 Å². The van der Waals surface area contributed by atoms with Crippen LogP contribution in [0.3, 0.4) is 0 Å². The highest BCUT2D eigenvalue weighted by atomic mass is 35.5. The Morgan fingerprint density at radius 2 is 1.19 bits per heavy atom. The Morgan fingerprint density at radius 1 is 0.771 bits per heavy atom. The third kappa shape index (κ3) is 11.0. The summed E-state index contributed by atoms with van der Waals surface area (Å²) in [5.74, 6) is -4.94. The van der Waals surface area contributed by atoms with E-state index in [1.54, 1.807) is 16.7 Å². The summed E-state index contributed by atoms with van der Waals surface area (Å²) in [7, 11) is 0. The summed E-state index contributed by atoms with van der Waals surface area (Å²) in [6, 6.07) is 3.64. The van der Waals surface area contributed by atoms with Crippen LogP contribution in [0.5, 0.6) is 0 Å². The van der Waals surface area contributed by atoms with Crippen LogP contribution in [0.1, 0.15) is 127 Å². The van der Waals surface area contributed by atoms with Crippen molar-refractivity contribution in [3.8, 4) is 0 Å². The number of nitrogens with one attached hydrogen (secondary N) is 3. The molecule has 6 rings (SSSR count). The smallest absolute Gasteiger partial charge is 0.407 e. The molecular formula is C33H45ClF4N4O4S2. The number of hydrogen-bond acceptors (Lipinski definition) is 7. The largest absolute Gasteiger partial charge is 0.444 e. The second kappa shape index (κ2) is 15.2. The molecule has 0 unspecified atom stereocenters. The number of hydrogen-bond donors (Lipinski definition) is 4. The predicted octanol–water partition coefficient (Wildman–Crippen LogP) is 7.73. The number of carbonyl (C=O) groups excluding carboxylic acids is 3. The molecule has 268 valence electrons. The SMILES string of the molecule is CC(C)(C)OC(=O)N[C@@H]1C[C@H]1c1cc(C(=O)NC2CCC(F)(F)CC2)cs1.Cl.N[C@@H]1C[C@H]1c1cc(C(=O)NC2CCC(F)(F)CC2)cs1. The lowest BCUT2D eigenvalue weighted by atomic mass is 9.92. The molecule has 4 aliphatic rings. The van der Waals surface area contributed by atoms with Gasteiger partial charge in [0.2, 0.25) is 11.8 Å². The van der Waals surface area contributed by atoms with Gasteiger partial charge in [-0.3, -0.25) is 9.59 Å². The highest BCUT2D eigenvalue weighted by molar-refractivity contribution is 7.10. The van der Waals surface area contributed by atoms with Crippen molar-refractivity contribution in [3.05, 3.63) is 43.8 Å². The molecule has 4 aliphatic carbocycles. The molecule has 4 fully saturated rings. The van der Waals surface area contributed by atoms with Crippen LogP contribution in [0.15, 0.2) is 22.9 Å². The first-order chi connectivity index (χ1) is 22.0. The first-order valence-electron chi connectivity index (χ1n) is 16.3. The molecule has 2 aromatic rings. The number of thiophene rings is 2. The number of rotatable bonds is 7. The van der Waals surface area contributed by atoms with E-state index in [9.17, 15) is 31.9 Å². The zero-order valence-electron chi connectivity index (χ0n) is 27.3. The van der Waals surface area contributed by atoms with Gasteiger partial charge in [-0.25, -0.2) is 22.4 Å². The van der Waals surface area contributed by atoms with Crippen LogP contribution < -0.4 is 21.7 Å². The van der Waals surface area contributed by atoms with Crippen molar-refractivity contribution in [3.63, 3.8) is 0 Å². The van der Waals surface area contributed by atoms with Crippen LogP contribution in [-0.2, 0) is 4.74 Å². The van der Waals surface area contributed by atoms with Gasteiger partial charge in [-0.05, 0) is 71.4 Å². The van der Waals surface area contributed by atoms with Gasteiger partial charge in [-0.1, -0.05) is 0 Å². The monoisotopic (exact) mass is 736 g/mol. The minimum atomic E-state index is -2.60. The molecule has 15 heteroatoms. The van der Waals surface area contributed by atoms with Crippen LogP contribution in [-0.4, -0.2) is 59.5 Å². The third-order valence-corrected chi connectivity index (χ3v) is 11.1. The van der Waals surface area contributed by atoms with E-state index in [0.29, 0.717) is 42.7 Å². The van der Waals surface area contributed by atoms with Crippen molar-refractivity contribution in [1.29, 1.82) is 0 Å². The van der Waals surface area contributed by atoms with Gasteiger partial charge in [0.05, 0.1) is 11.1 Å². The summed E-state index contributed by atoms with van der Waals surface area (Å²) in [6.07, 6.45) is 2.07. The van der Waals surface area contributed by atoms with E-state index in [1.807, 2.05) is 38.3 Å². The van der Waals surface area contributed by atoms with Crippen molar-refractivity contribution >= 4 is 53.0 Å². The molecule has 4 saturated carbocycles. The highest BCUT2D eigenvalue weighted by Gasteiger charge is 2.42. The molecule has 0 bridgehead atoms. The molecule has 2 aromatic heterocycles. The van der Waals surface area contributed by atoms with Crippen LogP contribution in [0.2, 0.25) is 0 Å². The molecule has 48 heavy (non-hydrogen) atoms. The highest BCUT2D eigenvalue weighted by Crippen LogP contribution is 2.44. The van der Waals surface area contributed by atoms with E-state index >= 15 is 0 Å². The second-order valence-electron chi connectivity index (χ2n) is 14.3. The Hall–Kier alpha value is -2.42. The second-order valence-corrected chi connectivity index (χ2v) is 16.2. The fourth-order valence-corrected chi connectivity index (χ4v) is 8.06. The summed E-state index contributed by atoms with van der Waals surface area (Å²) < 4.78 is 57.8. The van der Waals surface area contributed by atoms with Crippen molar-refractivity contribution < 1.29 is 36.7 Å². The Morgan fingerprint density at radius 3 is 1.58 bits per heavy atom.